The minimum atomic E-state index is -1.22. The first-order valence-electron chi connectivity index (χ1n) is 5.95. The Labute approximate surface area is 124 Å². The van der Waals surface area contributed by atoms with Crippen LogP contribution in [-0.2, 0) is 12.6 Å². The summed E-state index contributed by atoms with van der Waals surface area (Å²) in [5, 5.41) is 19.2. The molecule has 0 radical (unpaired) electrons. The molecule has 2 N–H and O–H groups in total. The standard InChI is InChI=1S/C12H13ClFN5O2/c1-12(2,16-11(20)21)9-8(17-19(3)18-9)6-4-5-15-10(13)7(6)14/h4-5,16H,1-3H3,(H,20,21). The second-order valence-corrected chi connectivity index (χ2v) is 5.26. The van der Waals surface area contributed by atoms with Crippen LogP contribution in [0.1, 0.15) is 19.5 Å². The Morgan fingerprint density at radius 2 is 2.14 bits per heavy atom. The SMILES string of the molecule is Cn1nc(-c2ccnc(Cl)c2F)c(C(C)(C)NC(=O)O)n1. The minimum absolute atomic E-state index is 0.110. The number of nitrogens with zero attached hydrogens (tertiary/aromatic N) is 4. The van der Waals surface area contributed by atoms with Crippen LogP contribution in [0.5, 0.6) is 0 Å². The molecule has 7 nitrogen and oxygen atoms in total. The average Bonchev–Trinajstić information content (AvgIpc) is 2.74. The maximum absolute atomic E-state index is 14.1. The van der Waals surface area contributed by atoms with Gasteiger partial charge in [0.05, 0.1) is 5.54 Å². The molecule has 0 saturated heterocycles. The van der Waals surface area contributed by atoms with Crippen LogP contribution in [0.4, 0.5) is 9.18 Å². The number of carbonyl (C=O) groups is 1. The van der Waals surface area contributed by atoms with E-state index in [1.165, 1.54) is 17.1 Å². The van der Waals surface area contributed by atoms with Gasteiger partial charge < -0.3 is 10.4 Å². The molecule has 2 heterocycles. The summed E-state index contributed by atoms with van der Waals surface area (Å²) in [6.45, 7) is 3.21. The summed E-state index contributed by atoms with van der Waals surface area (Å²) in [5.41, 5.74) is -0.456. The summed E-state index contributed by atoms with van der Waals surface area (Å²) in [7, 11) is 1.56. The molecular formula is C12H13ClFN5O2. The molecule has 112 valence electrons. The van der Waals surface area contributed by atoms with Crippen molar-refractivity contribution in [3.63, 3.8) is 0 Å². The lowest BCUT2D eigenvalue weighted by Crippen LogP contribution is -2.40. The van der Waals surface area contributed by atoms with Crippen molar-refractivity contribution in [3.05, 3.63) is 28.9 Å². The number of carboxylic acid groups (broad SMARTS) is 1. The molecule has 1 amide bonds. The summed E-state index contributed by atoms with van der Waals surface area (Å²) in [6, 6.07) is 1.41. The fourth-order valence-electron chi connectivity index (χ4n) is 1.94. The Kier molecular flexibility index (Phi) is 3.82. The summed E-state index contributed by atoms with van der Waals surface area (Å²) >= 11 is 5.67. The van der Waals surface area contributed by atoms with E-state index in [2.05, 4.69) is 20.5 Å². The number of pyridine rings is 1. The quantitative estimate of drug-likeness (QED) is 0.847. The van der Waals surface area contributed by atoms with Crippen LogP contribution in [0, 0.1) is 5.82 Å². The summed E-state index contributed by atoms with van der Waals surface area (Å²) in [4.78, 5) is 15.8. The van der Waals surface area contributed by atoms with E-state index in [4.69, 9.17) is 16.7 Å². The molecule has 2 aromatic heterocycles. The molecule has 0 unspecified atom stereocenters. The van der Waals surface area contributed by atoms with Crippen LogP contribution >= 0.6 is 11.6 Å². The molecule has 0 atom stereocenters. The van der Waals surface area contributed by atoms with E-state index in [9.17, 15) is 9.18 Å². The Morgan fingerprint density at radius 3 is 2.76 bits per heavy atom. The van der Waals surface area contributed by atoms with Gasteiger partial charge in [-0.3, -0.25) is 0 Å². The molecule has 0 saturated carbocycles. The fourth-order valence-corrected chi connectivity index (χ4v) is 2.09. The van der Waals surface area contributed by atoms with Crippen molar-refractivity contribution >= 4 is 17.7 Å². The predicted octanol–water partition coefficient (Wildman–Crippen LogP) is 2.17. The molecule has 0 spiro atoms. The van der Waals surface area contributed by atoms with Crippen molar-refractivity contribution in [3.8, 4) is 11.3 Å². The number of aromatic nitrogens is 4. The number of rotatable bonds is 3. The van der Waals surface area contributed by atoms with Gasteiger partial charge in [0.25, 0.3) is 0 Å². The van der Waals surface area contributed by atoms with E-state index in [1.54, 1.807) is 20.9 Å². The highest BCUT2D eigenvalue weighted by molar-refractivity contribution is 6.29. The fraction of sp³-hybridized carbons (Fsp3) is 0.333. The van der Waals surface area contributed by atoms with Gasteiger partial charge in [0.15, 0.2) is 11.0 Å². The lowest BCUT2D eigenvalue weighted by molar-refractivity contribution is 0.181. The summed E-state index contributed by atoms with van der Waals surface area (Å²) in [6.07, 6.45) is 0.126. The number of halogens is 2. The van der Waals surface area contributed by atoms with Crippen molar-refractivity contribution in [1.29, 1.82) is 0 Å². The zero-order valence-corrected chi connectivity index (χ0v) is 12.3. The molecule has 0 aromatic carbocycles. The van der Waals surface area contributed by atoms with Crippen LogP contribution in [0.2, 0.25) is 5.15 Å². The van der Waals surface area contributed by atoms with Crippen LogP contribution in [-0.4, -0.2) is 31.2 Å². The van der Waals surface area contributed by atoms with E-state index in [0.29, 0.717) is 0 Å². The third-order valence-electron chi connectivity index (χ3n) is 2.83. The van der Waals surface area contributed by atoms with Gasteiger partial charge in [0.1, 0.15) is 11.4 Å². The van der Waals surface area contributed by atoms with Crippen LogP contribution < -0.4 is 5.32 Å². The summed E-state index contributed by atoms with van der Waals surface area (Å²) < 4.78 is 14.1. The van der Waals surface area contributed by atoms with Crippen molar-refractivity contribution in [2.75, 3.05) is 0 Å². The van der Waals surface area contributed by atoms with Crippen molar-refractivity contribution in [2.45, 2.75) is 19.4 Å². The van der Waals surface area contributed by atoms with E-state index in [1.807, 2.05) is 0 Å². The second kappa shape index (κ2) is 5.28. The molecular weight excluding hydrogens is 301 g/mol. The van der Waals surface area contributed by atoms with Gasteiger partial charge in [-0.15, -0.1) is 0 Å². The molecule has 0 bridgehead atoms. The molecule has 2 rings (SSSR count). The van der Waals surface area contributed by atoms with Gasteiger partial charge in [0.2, 0.25) is 0 Å². The van der Waals surface area contributed by atoms with Crippen molar-refractivity contribution in [2.24, 2.45) is 7.05 Å². The Morgan fingerprint density at radius 1 is 1.48 bits per heavy atom. The van der Waals surface area contributed by atoms with Gasteiger partial charge in [-0.25, -0.2) is 14.2 Å². The molecule has 21 heavy (non-hydrogen) atoms. The topological polar surface area (TPSA) is 92.9 Å². The maximum Gasteiger partial charge on any atom is 0.405 e. The van der Waals surface area contributed by atoms with Gasteiger partial charge in [-0.05, 0) is 19.9 Å². The largest absolute Gasteiger partial charge is 0.465 e. The lowest BCUT2D eigenvalue weighted by atomic mass is 9.96. The first-order chi connectivity index (χ1) is 9.72. The van der Waals surface area contributed by atoms with Gasteiger partial charge in [-0.2, -0.15) is 15.0 Å². The first kappa shape index (κ1) is 15.2. The zero-order chi connectivity index (χ0) is 15.8. The molecule has 0 aliphatic rings. The van der Waals surface area contributed by atoms with Crippen LogP contribution in [0.25, 0.3) is 11.3 Å². The van der Waals surface area contributed by atoms with Gasteiger partial charge in [-0.1, -0.05) is 11.6 Å². The van der Waals surface area contributed by atoms with Crippen LogP contribution in [0.3, 0.4) is 0 Å². The van der Waals surface area contributed by atoms with Gasteiger partial charge >= 0.3 is 6.09 Å². The van der Waals surface area contributed by atoms with Crippen LogP contribution in [0.15, 0.2) is 12.3 Å². The molecule has 0 fully saturated rings. The van der Waals surface area contributed by atoms with E-state index < -0.39 is 17.4 Å². The van der Waals surface area contributed by atoms with Crippen molar-refractivity contribution in [1.82, 2.24) is 25.3 Å². The first-order valence-corrected chi connectivity index (χ1v) is 6.33. The van der Waals surface area contributed by atoms with Crippen molar-refractivity contribution < 1.29 is 14.3 Å². The molecule has 0 aliphatic carbocycles. The number of hydrogen-bond donors (Lipinski definition) is 2. The van der Waals surface area contributed by atoms with E-state index in [0.717, 1.165) is 0 Å². The molecule has 2 aromatic rings. The zero-order valence-electron chi connectivity index (χ0n) is 11.6. The highest BCUT2D eigenvalue weighted by Crippen LogP contribution is 2.31. The monoisotopic (exact) mass is 313 g/mol. The maximum atomic E-state index is 14.1. The Balaban J connectivity index is 2.61. The number of aryl methyl sites for hydroxylation is 1. The smallest absolute Gasteiger partial charge is 0.405 e. The number of nitrogens with one attached hydrogen (secondary N) is 1. The Hall–Kier alpha value is -2.22. The highest BCUT2D eigenvalue weighted by atomic mass is 35.5. The number of hydrogen-bond acceptors (Lipinski definition) is 4. The lowest BCUT2D eigenvalue weighted by Gasteiger charge is -2.23. The normalized spacial score (nSPS) is 11.5. The van der Waals surface area contributed by atoms with E-state index in [-0.39, 0.29) is 22.1 Å². The molecule has 9 heteroatoms. The third kappa shape index (κ3) is 2.94. The van der Waals surface area contributed by atoms with Gasteiger partial charge in [0, 0.05) is 18.8 Å². The summed E-state index contributed by atoms with van der Waals surface area (Å²) in [5.74, 6) is -0.730. The van der Waals surface area contributed by atoms with E-state index >= 15 is 0 Å². The second-order valence-electron chi connectivity index (χ2n) is 4.91. The minimum Gasteiger partial charge on any atom is -0.465 e. The highest BCUT2D eigenvalue weighted by Gasteiger charge is 2.31. The third-order valence-corrected chi connectivity index (χ3v) is 3.09. The average molecular weight is 314 g/mol. The predicted molar refractivity (Wildman–Crippen MR) is 73.4 cm³/mol. The Bertz CT molecular complexity index is 701. The number of amides is 1. The molecule has 0 aliphatic heterocycles.